The molecule has 0 amide bonds. The third-order valence-corrected chi connectivity index (χ3v) is 13.0. The van der Waals surface area contributed by atoms with E-state index in [1.165, 1.54) is 66.8 Å². The highest BCUT2D eigenvalue weighted by Crippen LogP contribution is 2.66. The standard InChI is InChI=1S/C56H43N/c1-5-19-40(20-6-1)41-33-35-45(36-34-41)57(44-25-11-4-12-26-44)46-37-38-48-47-27-13-14-28-49(47)56(54(48)39-46)52-31-17-15-29-50(52)55(42-21-7-2-8-22-42,43-23-9-3-10-24-43)51-30-16-18-32-53(51)56/h1-9,11-13,15-23,25-27,29-39H,10,14,24,28H2. The van der Waals surface area contributed by atoms with E-state index >= 15 is 0 Å². The normalized spacial score (nSPS) is 20.0. The molecule has 0 heterocycles. The van der Waals surface area contributed by atoms with Crippen molar-refractivity contribution >= 4 is 22.6 Å². The first-order valence-electron chi connectivity index (χ1n) is 20.5. The number of para-hydroxylation sites is 1. The summed E-state index contributed by atoms with van der Waals surface area (Å²) in [7, 11) is 0. The second kappa shape index (κ2) is 13.5. The van der Waals surface area contributed by atoms with E-state index in [0.717, 1.165) is 42.7 Å². The summed E-state index contributed by atoms with van der Waals surface area (Å²) in [6.45, 7) is 0. The van der Waals surface area contributed by atoms with Crippen molar-refractivity contribution in [3.63, 3.8) is 0 Å². The molecule has 7 aromatic rings. The van der Waals surface area contributed by atoms with Crippen LogP contribution < -0.4 is 4.90 Å². The van der Waals surface area contributed by atoms with Crippen LogP contribution in [0.2, 0.25) is 0 Å². The minimum Gasteiger partial charge on any atom is -0.310 e. The second-order valence-electron chi connectivity index (χ2n) is 15.8. The van der Waals surface area contributed by atoms with Gasteiger partial charge in [-0.15, -0.1) is 0 Å². The van der Waals surface area contributed by atoms with E-state index in [1.54, 1.807) is 0 Å². The lowest BCUT2D eigenvalue weighted by Crippen LogP contribution is -2.45. The van der Waals surface area contributed by atoms with Crippen molar-refractivity contribution < 1.29 is 0 Å². The largest absolute Gasteiger partial charge is 0.310 e. The summed E-state index contributed by atoms with van der Waals surface area (Å²) in [4.78, 5) is 2.43. The van der Waals surface area contributed by atoms with E-state index in [1.807, 2.05) is 0 Å². The fourth-order valence-electron chi connectivity index (χ4n) is 10.8. The molecule has 0 saturated carbocycles. The van der Waals surface area contributed by atoms with Crippen LogP contribution in [0.25, 0.3) is 16.7 Å². The van der Waals surface area contributed by atoms with Crippen molar-refractivity contribution in [1.82, 2.24) is 0 Å². The maximum atomic E-state index is 2.53. The van der Waals surface area contributed by atoms with Crippen LogP contribution in [0.3, 0.4) is 0 Å². The highest BCUT2D eigenvalue weighted by Gasteiger charge is 2.57. The van der Waals surface area contributed by atoms with Crippen molar-refractivity contribution in [2.24, 2.45) is 0 Å². The highest BCUT2D eigenvalue weighted by atomic mass is 15.1. The van der Waals surface area contributed by atoms with Gasteiger partial charge in [0.05, 0.1) is 10.8 Å². The summed E-state index contributed by atoms with van der Waals surface area (Å²) >= 11 is 0. The average molecular weight is 730 g/mol. The zero-order valence-electron chi connectivity index (χ0n) is 32.0. The topological polar surface area (TPSA) is 3.24 Å². The smallest absolute Gasteiger partial charge is 0.0683 e. The van der Waals surface area contributed by atoms with Crippen LogP contribution in [0.4, 0.5) is 17.1 Å². The Labute approximate surface area is 336 Å². The molecule has 0 radical (unpaired) electrons. The van der Waals surface area contributed by atoms with Crippen LogP contribution in [0.1, 0.15) is 64.6 Å². The molecule has 0 bridgehead atoms. The van der Waals surface area contributed by atoms with Gasteiger partial charge in [-0.25, -0.2) is 0 Å². The lowest BCUT2D eigenvalue weighted by molar-refractivity contribution is 0.578. The zero-order valence-corrected chi connectivity index (χ0v) is 32.0. The molecule has 1 nitrogen and oxygen atoms in total. The van der Waals surface area contributed by atoms with Crippen LogP contribution in [0, 0.1) is 0 Å². The molecule has 0 N–H and O–H groups in total. The fourth-order valence-corrected chi connectivity index (χ4v) is 10.8. The Morgan fingerprint density at radius 3 is 1.61 bits per heavy atom. The SMILES string of the molecule is C1=CCCC(C2(c3ccccc3)c3ccccc3C3(C4=C(C=CCC4)c4ccc(N(c5ccccc5)c5ccc(-c6ccccc6)cc5)cc43)c3ccccc32)=C1. The molecule has 0 unspecified atom stereocenters. The molecule has 4 aliphatic carbocycles. The van der Waals surface area contributed by atoms with Crippen molar-refractivity contribution in [3.8, 4) is 11.1 Å². The second-order valence-corrected chi connectivity index (χ2v) is 15.8. The Bertz CT molecular complexity index is 2720. The molecule has 11 rings (SSSR count). The summed E-state index contributed by atoms with van der Waals surface area (Å²) in [6.07, 6.45) is 15.9. The molecule has 1 spiro atoms. The van der Waals surface area contributed by atoms with Crippen molar-refractivity contribution in [2.75, 3.05) is 4.90 Å². The molecule has 1 heteroatoms. The lowest BCUT2D eigenvalue weighted by Gasteiger charge is -2.51. The molecule has 0 aromatic heterocycles. The monoisotopic (exact) mass is 729 g/mol. The summed E-state index contributed by atoms with van der Waals surface area (Å²) in [5, 5.41) is 0. The molecule has 272 valence electrons. The van der Waals surface area contributed by atoms with Crippen LogP contribution >= 0.6 is 0 Å². The van der Waals surface area contributed by atoms with Crippen LogP contribution in [-0.4, -0.2) is 0 Å². The molecule has 0 fully saturated rings. The Hall–Kier alpha value is -6.70. The summed E-state index contributed by atoms with van der Waals surface area (Å²) < 4.78 is 0. The first-order chi connectivity index (χ1) is 28.3. The highest BCUT2D eigenvalue weighted by molar-refractivity contribution is 5.94. The van der Waals surface area contributed by atoms with Gasteiger partial charge in [0.15, 0.2) is 0 Å². The molecule has 0 atom stereocenters. The van der Waals surface area contributed by atoms with Crippen LogP contribution in [-0.2, 0) is 10.8 Å². The van der Waals surface area contributed by atoms with E-state index in [-0.39, 0.29) is 0 Å². The molecular weight excluding hydrogens is 687 g/mol. The van der Waals surface area contributed by atoms with E-state index in [9.17, 15) is 0 Å². The third kappa shape index (κ3) is 4.95. The van der Waals surface area contributed by atoms with Gasteiger partial charge in [-0.05, 0) is 123 Å². The quantitative estimate of drug-likeness (QED) is 0.165. The summed E-state index contributed by atoms with van der Waals surface area (Å²) in [5.74, 6) is 0. The molecule has 0 saturated heterocycles. The van der Waals surface area contributed by atoms with Crippen molar-refractivity contribution in [1.29, 1.82) is 0 Å². The summed E-state index contributed by atoms with van der Waals surface area (Å²) in [5.41, 5.74) is 19.0. The molecule has 57 heavy (non-hydrogen) atoms. The van der Waals surface area contributed by atoms with Crippen molar-refractivity contribution in [2.45, 2.75) is 36.5 Å². The minimum absolute atomic E-state index is 0.424. The van der Waals surface area contributed by atoms with Gasteiger partial charge in [0.2, 0.25) is 0 Å². The molecule has 0 aliphatic heterocycles. The Morgan fingerprint density at radius 1 is 0.421 bits per heavy atom. The fraction of sp³-hybridized carbons (Fsp3) is 0.107. The van der Waals surface area contributed by atoms with E-state index in [0.29, 0.717) is 0 Å². The van der Waals surface area contributed by atoms with Crippen LogP contribution in [0.5, 0.6) is 0 Å². The Morgan fingerprint density at radius 2 is 0.965 bits per heavy atom. The van der Waals surface area contributed by atoms with Gasteiger partial charge in [-0.3, -0.25) is 0 Å². The number of anilines is 3. The maximum absolute atomic E-state index is 2.53. The minimum atomic E-state index is -0.457. The maximum Gasteiger partial charge on any atom is 0.0683 e. The lowest BCUT2D eigenvalue weighted by atomic mass is 9.50. The molecule has 7 aromatic carbocycles. The molecular formula is C56H43N. The number of benzene rings is 7. The third-order valence-electron chi connectivity index (χ3n) is 13.0. The Balaban J connectivity index is 1.19. The van der Waals surface area contributed by atoms with Gasteiger partial charge < -0.3 is 4.90 Å². The first kappa shape index (κ1) is 33.6. The number of allylic oxidation sites excluding steroid dienone is 8. The number of rotatable bonds is 6. The van der Waals surface area contributed by atoms with Gasteiger partial charge in [0, 0.05) is 17.1 Å². The average Bonchev–Trinajstić information content (AvgIpc) is 3.58. The first-order valence-corrected chi connectivity index (χ1v) is 20.5. The van der Waals surface area contributed by atoms with E-state index < -0.39 is 10.8 Å². The van der Waals surface area contributed by atoms with E-state index in [2.05, 4.69) is 217 Å². The van der Waals surface area contributed by atoms with Crippen LogP contribution in [0.15, 0.2) is 224 Å². The predicted octanol–water partition coefficient (Wildman–Crippen LogP) is 14.2. The zero-order chi connectivity index (χ0) is 37.8. The van der Waals surface area contributed by atoms with Gasteiger partial charge in [-0.1, -0.05) is 182 Å². The van der Waals surface area contributed by atoms with Gasteiger partial charge in [0.25, 0.3) is 0 Å². The number of hydrogen-bond acceptors (Lipinski definition) is 1. The predicted molar refractivity (Wildman–Crippen MR) is 237 cm³/mol. The van der Waals surface area contributed by atoms with E-state index in [4.69, 9.17) is 0 Å². The van der Waals surface area contributed by atoms with Gasteiger partial charge in [0.1, 0.15) is 0 Å². The Kier molecular flexibility index (Phi) is 7.96. The number of fused-ring (bicyclic) bond motifs is 8. The number of hydrogen-bond donors (Lipinski definition) is 0. The molecule has 4 aliphatic rings. The van der Waals surface area contributed by atoms with Gasteiger partial charge in [-0.2, -0.15) is 0 Å². The number of nitrogens with zero attached hydrogens (tertiary/aromatic N) is 1. The van der Waals surface area contributed by atoms with Crippen molar-refractivity contribution in [3.05, 3.63) is 262 Å². The van der Waals surface area contributed by atoms with Gasteiger partial charge >= 0.3 is 0 Å². The summed E-state index contributed by atoms with van der Waals surface area (Å²) in [6, 6.07) is 68.1.